The molecule has 0 aliphatic rings. The average molecular weight is 259 g/mol. The monoisotopic (exact) mass is 259 g/mol. The molecule has 1 atom stereocenters. The van der Waals surface area contributed by atoms with E-state index >= 15 is 0 Å². The van der Waals surface area contributed by atoms with Crippen molar-refractivity contribution >= 4 is 0 Å². The van der Waals surface area contributed by atoms with Gasteiger partial charge >= 0.3 is 0 Å². The summed E-state index contributed by atoms with van der Waals surface area (Å²) in [6.45, 7) is 4.26. The summed E-state index contributed by atoms with van der Waals surface area (Å²) >= 11 is 0. The zero-order chi connectivity index (χ0) is 13.8. The van der Waals surface area contributed by atoms with Crippen molar-refractivity contribution in [1.82, 2.24) is 0 Å². The maximum Gasteiger partial charge on any atom is 0.136 e. The van der Waals surface area contributed by atoms with E-state index in [-0.39, 0.29) is 11.9 Å². The Kier molecular flexibility index (Phi) is 4.17. The Balaban J connectivity index is 2.23. The minimum atomic E-state index is -0.305. The molecule has 0 aliphatic heterocycles. The molecule has 0 spiro atoms. The first kappa shape index (κ1) is 13.6. The van der Waals surface area contributed by atoms with Gasteiger partial charge in [-0.15, -0.1) is 0 Å². The van der Waals surface area contributed by atoms with E-state index in [1.807, 2.05) is 38.1 Å². The van der Waals surface area contributed by atoms with E-state index in [4.69, 9.17) is 10.5 Å². The summed E-state index contributed by atoms with van der Waals surface area (Å²) < 4.78 is 19.1. The van der Waals surface area contributed by atoms with Crippen LogP contribution < -0.4 is 10.5 Å². The van der Waals surface area contributed by atoms with Crippen LogP contribution in [0.1, 0.15) is 22.8 Å². The Bertz CT molecular complexity index is 551. The molecule has 1 unspecified atom stereocenters. The van der Waals surface area contributed by atoms with Gasteiger partial charge in [0.2, 0.25) is 0 Å². The maximum atomic E-state index is 13.2. The number of benzene rings is 2. The summed E-state index contributed by atoms with van der Waals surface area (Å²) in [6, 6.07) is 12.5. The highest BCUT2D eigenvalue weighted by Gasteiger charge is 2.13. The van der Waals surface area contributed by atoms with Gasteiger partial charge < -0.3 is 10.5 Å². The Morgan fingerprint density at radius 3 is 2.42 bits per heavy atom. The van der Waals surface area contributed by atoms with Crippen LogP contribution in [0.5, 0.6) is 5.75 Å². The SMILES string of the molecule is Cc1ccc(C(CN)Oc2cc(F)ccc2C)cc1. The van der Waals surface area contributed by atoms with Gasteiger partial charge in [0, 0.05) is 12.6 Å². The van der Waals surface area contributed by atoms with E-state index in [0.717, 1.165) is 11.1 Å². The number of halogens is 1. The van der Waals surface area contributed by atoms with Crippen LogP contribution >= 0.6 is 0 Å². The normalized spacial score (nSPS) is 12.2. The molecule has 2 rings (SSSR count). The predicted molar refractivity (Wildman–Crippen MR) is 74.7 cm³/mol. The molecule has 0 aromatic heterocycles. The molecule has 0 fully saturated rings. The molecule has 0 aliphatic carbocycles. The number of hydrogen-bond acceptors (Lipinski definition) is 2. The van der Waals surface area contributed by atoms with Gasteiger partial charge in [-0.1, -0.05) is 35.9 Å². The summed E-state index contributed by atoms with van der Waals surface area (Å²) in [5, 5.41) is 0. The summed E-state index contributed by atoms with van der Waals surface area (Å²) in [7, 11) is 0. The van der Waals surface area contributed by atoms with Crippen molar-refractivity contribution in [3.05, 3.63) is 65.0 Å². The molecule has 2 aromatic rings. The van der Waals surface area contributed by atoms with Crippen molar-refractivity contribution in [3.8, 4) is 5.75 Å². The third kappa shape index (κ3) is 3.32. The molecule has 0 bridgehead atoms. The van der Waals surface area contributed by atoms with E-state index in [1.54, 1.807) is 6.07 Å². The van der Waals surface area contributed by atoms with Crippen molar-refractivity contribution < 1.29 is 9.13 Å². The van der Waals surface area contributed by atoms with Crippen LogP contribution in [0.15, 0.2) is 42.5 Å². The fraction of sp³-hybridized carbons (Fsp3) is 0.250. The lowest BCUT2D eigenvalue weighted by atomic mass is 10.1. The van der Waals surface area contributed by atoms with Crippen LogP contribution in [0.25, 0.3) is 0 Å². The van der Waals surface area contributed by atoms with E-state index in [1.165, 1.54) is 17.7 Å². The van der Waals surface area contributed by atoms with Gasteiger partial charge in [-0.2, -0.15) is 0 Å². The van der Waals surface area contributed by atoms with E-state index in [0.29, 0.717) is 12.3 Å². The predicted octanol–water partition coefficient (Wildman–Crippen LogP) is 3.52. The largest absolute Gasteiger partial charge is 0.484 e. The standard InChI is InChI=1S/C16H18FNO/c1-11-3-6-13(7-4-11)16(10-18)19-15-9-14(17)8-5-12(15)2/h3-9,16H,10,18H2,1-2H3. The van der Waals surface area contributed by atoms with Crippen molar-refractivity contribution in [1.29, 1.82) is 0 Å². The first-order valence-electron chi connectivity index (χ1n) is 6.29. The minimum Gasteiger partial charge on any atom is -0.484 e. The molecule has 0 amide bonds. The van der Waals surface area contributed by atoms with Gasteiger partial charge in [0.25, 0.3) is 0 Å². The Morgan fingerprint density at radius 2 is 1.79 bits per heavy atom. The highest BCUT2D eigenvalue weighted by molar-refractivity contribution is 5.34. The van der Waals surface area contributed by atoms with Crippen LogP contribution in [-0.4, -0.2) is 6.54 Å². The second kappa shape index (κ2) is 5.85. The molecule has 100 valence electrons. The average Bonchev–Trinajstić information content (AvgIpc) is 2.41. The van der Waals surface area contributed by atoms with Gasteiger partial charge in [-0.25, -0.2) is 4.39 Å². The number of hydrogen-bond donors (Lipinski definition) is 1. The highest BCUT2D eigenvalue weighted by Crippen LogP contribution is 2.25. The number of rotatable bonds is 4. The minimum absolute atomic E-state index is 0.263. The lowest BCUT2D eigenvalue weighted by molar-refractivity contribution is 0.212. The van der Waals surface area contributed by atoms with Gasteiger partial charge in [-0.3, -0.25) is 0 Å². The van der Waals surface area contributed by atoms with Crippen molar-refractivity contribution in [3.63, 3.8) is 0 Å². The van der Waals surface area contributed by atoms with Gasteiger partial charge in [0.05, 0.1) is 0 Å². The van der Waals surface area contributed by atoms with Gasteiger partial charge in [0.15, 0.2) is 0 Å². The molecule has 2 nitrogen and oxygen atoms in total. The summed E-state index contributed by atoms with van der Waals surface area (Å²) in [4.78, 5) is 0. The summed E-state index contributed by atoms with van der Waals surface area (Å²) in [6.07, 6.45) is -0.263. The molecular weight excluding hydrogens is 241 g/mol. The Hall–Kier alpha value is -1.87. The van der Waals surface area contributed by atoms with Gasteiger partial charge in [0.1, 0.15) is 17.7 Å². The second-order valence-corrected chi connectivity index (χ2v) is 4.66. The third-order valence-electron chi connectivity index (χ3n) is 3.08. The molecule has 0 heterocycles. The first-order valence-corrected chi connectivity index (χ1v) is 6.29. The van der Waals surface area contributed by atoms with Crippen molar-refractivity contribution in [2.75, 3.05) is 6.54 Å². The van der Waals surface area contributed by atoms with Crippen LogP contribution in [0.4, 0.5) is 4.39 Å². The van der Waals surface area contributed by atoms with E-state index in [9.17, 15) is 4.39 Å². The molecule has 0 saturated carbocycles. The lowest BCUT2D eigenvalue weighted by Crippen LogP contribution is -2.18. The van der Waals surface area contributed by atoms with Gasteiger partial charge in [-0.05, 0) is 31.0 Å². The van der Waals surface area contributed by atoms with E-state index < -0.39 is 0 Å². The molecule has 2 N–H and O–H groups in total. The first-order chi connectivity index (χ1) is 9.10. The zero-order valence-electron chi connectivity index (χ0n) is 11.2. The fourth-order valence-corrected chi connectivity index (χ4v) is 1.89. The van der Waals surface area contributed by atoms with Crippen LogP contribution in [0.2, 0.25) is 0 Å². The molecule has 19 heavy (non-hydrogen) atoms. The highest BCUT2D eigenvalue weighted by atomic mass is 19.1. The fourth-order valence-electron chi connectivity index (χ4n) is 1.89. The number of ether oxygens (including phenoxy) is 1. The number of nitrogens with two attached hydrogens (primary N) is 1. The maximum absolute atomic E-state index is 13.2. The van der Waals surface area contributed by atoms with E-state index in [2.05, 4.69) is 0 Å². The summed E-state index contributed by atoms with van der Waals surface area (Å²) in [5.74, 6) is 0.233. The third-order valence-corrected chi connectivity index (χ3v) is 3.08. The molecule has 3 heteroatoms. The molecule has 0 radical (unpaired) electrons. The topological polar surface area (TPSA) is 35.2 Å². The quantitative estimate of drug-likeness (QED) is 0.911. The van der Waals surface area contributed by atoms with Crippen LogP contribution in [0, 0.1) is 19.7 Å². The van der Waals surface area contributed by atoms with Crippen LogP contribution in [0.3, 0.4) is 0 Å². The second-order valence-electron chi connectivity index (χ2n) is 4.66. The van der Waals surface area contributed by atoms with Crippen LogP contribution in [-0.2, 0) is 0 Å². The smallest absolute Gasteiger partial charge is 0.136 e. The Morgan fingerprint density at radius 1 is 1.11 bits per heavy atom. The summed E-state index contributed by atoms with van der Waals surface area (Å²) in [5.41, 5.74) is 8.83. The lowest BCUT2D eigenvalue weighted by Gasteiger charge is -2.19. The Labute approximate surface area is 113 Å². The zero-order valence-corrected chi connectivity index (χ0v) is 11.2. The van der Waals surface area contributed by atoms with Crippen molar-refractivity contribution in [2.24, 2.45) is 5.73 Å². The molecule has 2 aromatic carbocycles. The number of aryl methyl sites for hydroxylation is 2. The van der Waals surface area contributed by atoms with Crippen molar-refractivity contribution in [2.45, 2.75) is 20.0 Å². The molecule has 0 saturated heterocycles. The molecular formula is C16H18FNO.